The van der Waals surface area contributed by atoms with Crippen LogP contribution in [0.2, 0.25) is 0 Å². The van der Waals surface area contributed by atoms with Crippen LogP contribution >= 0.6 is 0 Å². The highest BCUT2D eigenvalue weighted by Gasteiger charge is 2.32. The molecule has 0 bridgehead atoms. The predicted molar refractivity (Wildman–Crippen MR) is 312 cm³/mol. The zero-order valence-electron chi connectivity index (χ0n) is 44.0. The fraction of sp³-hybridized carbons (Fsp3) is 0.116. The lowest BCUT2D eigenvalue weighted by molar-refractivity contribution is 0.477. The summed E-state index contributed by atoms with van der Waals surface area (Å²) >= 11 is 0. The summed E-state index contributed by atoms with van der Waals surface area (Å²) in [6.45, 7) is 28.6. The Morgan fingerprint density at radius 1 is 0.397 bits per heavy atom. The van der Waals surface area contributed by atoms with Crippen LogP contribution in [0.5, 0.6) is 11.5 Å². The van der Waals surface area contributed by atoms with E-state index in [9.17, 15) is 10.5 Å². The van der Waals surface area contributed by atoms with E-state index in [1.54, 1.807) is 0 Å². The van der Waals surface area contributed by atoms with Crippen LogP contribution in [0.1, 0.15) is 64.3 Å². The van der Waals surface area contributed by atoms with Crippen LogP contribution in [0, 0.1) is 35.8 Å². The molecule has 78 heavy (non-hydrogen) atoms. The van der Waals surface area contributed by atoms with E-state index >= 15 is 0 Å². The Balaban J connectivity index is 1.29. The largest absolute Gasteiger partial charge is 0.453 e. The molecular weight excluding hydrogens is 957 g/mol. The molecular formula is C69H50N8O. The third-order valence-corrected chi connectivity index (χ3v) is 13.9. The van der Waals surface area contributed by atoms with Gasteiger partial charge in [-0.1, -0.05) is 175 Å². The van der Waals surface area contributed by atoms with Crippen LogP contribution in [0.25, 0.3) is 87.8 Å². The normalized spacial score (nSPS) is 11.7. The molecule has 0 unspecified atom stereocenters. The lowest BCUT2D eigenvalue weighted by Crippen LogP contribution is -2.24. The van der Waals surface area contributed by atoms with Crippen LogP contribution in [-0.2, 0) is 10.8 Å². The number of aromatic nitrogens is 3. The summed E-state index contributed by atoms with van der Waals surface area (Å²) in [5.41, 5.74) is 15.4. The molecule has 9 nitrogen and oxygen atoms in total. The molecule has 0 spiro atoms. The van der Waals surface area contributed by atoms with E-state index in [2.05, 4.69) is 129 Å². The third-order valence-electron chi connectivity index (χ3n) is 13.9. The van der Waals surface area contributed by atoms with Crippen molar-refractivity contribution in [3.8, 4) is 102 Å². The molecule has 10 aromatic rings. The number of hydrogen-bond donors (Lipinski definition) is 0. The summed E-state index contributed by atoms with van der Waals surface area (Å²) in [6.07, 6.45) is 0. The van der Waals surface area contributed by atoms with Gasteiger partial charge < -0.3 is 9.64 Å². The summed E-state index contributed by atoms with van der Waals surface area (Å²) in [5.74, 6) is 3.49. The third kappa shape index (κ3) is 9.28. The van der Waals surface area contributed by atoms with Gasteiger partial charge in [-0.15, -0.1) is 0 Å². The fourth-order valence-corrected chi connectivity index (χ4v) is 10.0. The smallest absolute Gasteiger partial charge is 0.187 e. The first-order valence-corrected chi connectivity index (χ1v) is 25.6. The molecule has 372 valence electrons. The van der Waals surface area contributed by atoms with Gasteiger partial charge in [0, 0.05) is 22.1 Å². The first-order valence-electron chi connectivity index (χ1n) is 25.6. The summed E-state index contributed by atoms with van der Waals surface area (Å²) in [5, 5.41) is 20.3. The Morgan fingerprint density at radius 3 is 1.04 bits per heavy atom. The number of anilines is 3. The van der Waals surface area contributed by atoms with Crippen LogP contribution in [0.3, 0.4) is 0 Å². The highest BCUT2D eigenvalue weighted by Crippen LogP contribution is 2.57. The van der Waals surface area contributed by atoms with Gasteiger partial charge in [0.25, 0.3) is 0 Å². The van der Waals surface area contributed by atoms with E-state index in [1.807, 2.05) is 133 Å². The Labute approximate surface area is 455 Å². The van der Waals surface area contributed by atoms with Crippen molar-refractivity contribution >= 4 is 28.4 Å². The van der Waals surface area contributed by atoms with Crippen molar-refractivity contribution in [1.82, 2.24) is 15.0 Å². The zero-order chi connectivity index (χ0) is 54.3. The maximum Gasteiger partial charge on any atom is 0.187 e. The quantitative estimate of drug-likeness (QED) is 0.140. The number of ether oxygens (including phenoxy) is 1. The first kappa shape index (κ1) is 49.7. The van der Waals surface area contributed by atoms with Crippen molar-refractivity contribution in [2.45, 2.75) is 52.4 Å². The highest BCUT2D eigenvalue weighted by molar-refractivity contribution is 6.15. The van der Waals surface area contributed by atoms with E-state index in [1.165, 1.54) is 0 Å². The van der Waals surface area contributed by atoms with Crippen LogP contribution < -0.4 is 9.64 Å². The second-order valence-electron chi connectivity index (χ2n) is 21.2. The molecule has 0 atom stereocenters. The van der Waals surface area contributed by atoms with Gasteiger partial charge in [-0.05, 0) is 127 Å². The molecule has 0 N–H and O–H groups in total. The van der Waals surface area contributed by atoms with Gasteiger partial charge in [-0.3, -0.25) is 0 Å². The summed E-state index contributed by atoms with van der Waals surface area (Å²) < 4.78 is 6.42. The number of nitriles is 2. The van der Waals surface area contributed by atoms with Crippen molar-refractivity contribution in [1.29, 1.82) is 10.5 Å². The van der Waals surface area contributed by atoms with Gasteiger partial charge in [0.05, 0.1) is 47.8 Å². The van der Waals surface area contributed by atoms with E-state index in [-0.39, 0.29) is 10.8 Å². The van der Waals surface area contributed by atoms with Crippen molar-refractivity contribution in [2.24, 2.45) is 0 Å². The lowest BCUT2D eigenvalue weighted by atomic mass is 9.74. The minimum atomic E-state index is -0.337. The molecule has 1 aromatic heterocycles. The van der Waals surface area contributed by atoms with Crippen molar-refractivity contribution in [2.75, 3.05) is 4.90 Å². The number of hydrogen-bond acceptors (Lipinski definition) is 7. The number of nitrogens with zero attached hydrogens (tertiary/aromatic N) is 8. The van der Waals surface area contributed by atoms with E-state index in [4.69, 9.17) is 32.8 Å². The van der Waals surface area contributed by atoms with Gasteiger partial charge in [-0.2, -0.15) is 10.5 Å². The Hall–Kier alpha value is -10.5. The van der Waals surface area contributed by atoms with Crippen LogP contribution in [0.4, 0.5) is 28.4 Å². The molecule has 0 amide bonds. The molecule has 11 rings (SSSR count). The van der Waals surface area contributed by atoms with Crippen molar-refractivity contribution in [3.63, 3.8) is 0 Å². The van der Waals surface area contributed by atoms with Gasteiger partial charge >= 0.3 is 0 Å². The summed E-state index contributed by atoms with van der Waals surface area (Å²) in [7, 11) is 0. The molecule has 0 saturated carbocycles. The van der Waals surface area contributed by atoms with Gasteiger partial charge in [-0.25, -0.2) is 24.6 Å². The number of rotatable bonds is 8. The highest BCUT2D eigenvalue weighted by atomic mass is 16.5. The van der Waals surface area contributed by atoms with Gasteiger partial charge in [0.2, 0.25) is 0 Å². The molecule has 1 aliphatic heterocycles. The molecule has 9 aromatic carbocycles. The summed E-state index contributed by atoms with van der Waals surface area (Å²) in [6, 6.07) is 68.5. The molecule has 2 heterocycles. The fourth-order valence-electron chi connectivity index (χ4n) is 10.0. The number of fused-ring (bicyclic) bond motifs is 2. The molecule has 0 fully saturated rings. The average molecular weight is 1010 g/mol. The predicted octanol–water partition coefficient (Wildman–Crippen LogP) is 18.6. The molecule has 9 heteroatoms. The second kappa shape index (κ2) is 20.0. The summed E-state index contributed by atoms with van der Waals surface area (Å²) in [4.78, 5) is 24.9. The van der Waals surface area contributed by atoms with E-state index < -0.39 is 0 Å². The van der Waals surface area contributed by atoms with Crippen molar-refractivity contribution < 1.29 is 4.74 Å². The second-order valence-corrected chi connectivity index (χ2v) is 21.2. The Bertz CT molecular complexity index is 4050. The molecule has 1 aliphatic rings. The van der Waals surface area contributed by atoms with E-state index in [0.717, 1.165) is 101 Å². The Morgan fingerprint density at radius 2 is 0.705 bits per heavy atom. The van der Waals surface area contributed by atoms with Crippen LogP contribution in [-0.4, -0.2) is 15.0 Å². The van der Waals surface area contributed by atoms with E-state index in [0.29, 0.717) is 40.0 Å². The maximum atomic E-state index is 10.2. The standard InChI is InChI=1S/C69H50N8O/c1-68(2,3)66-74-65(75-67(76-66)69(4,5)6)51-27-25-47(26-28-51)61-59(45-21-17-43(41-70)18-22-45)62(48-29-35-52(72-7)36-30-48)63(49-31-37-53(73-8)38-32-49)60(46-23-19-44(42-71)20-24-46)64(61)50-33-39-54(40-34-50)77-55-13-9-11-15-57(55)78-58-16-12-10-14-56(58)77/h9-40H,1-6H3. The maximum absolute atomic E-state index is 10.2. The average Bonchev–Trinajstić information content (AvgIpc) is 3.61. The molecule has 0 saturated heterocycles. The Kier molecular flexibility index (Phi) is 12.8. The lowest BCUT2D eigenvalue weighted by Gasteiger charge is -2.33. The number of para-hydroxylation sites is 4. The number of benzene rings is 9. The topological polar surface area (TPSA) is 107 Å². The SMILES string of the molecule is [C-]#[N+]c1ccc(-c2c(-c3ccc(C#N)cc3)c(-c3ccc(-c4nc(C(C)(C)C)nc(C(C)(C)C)n4)cc3)c(-c3ccc(N4c5ccccc5Oc5ccccc54)cc3)c(-c3ccc(C#N)cc3)c2-c2ccc([N+]#[C-])cc2)cc1. The first-order chi connectivity index (χ1) is 37.7. The van der Waals surface area contributed by atoms with Gasteiger partial charge in [0.1, 0.15) is 11.6 Å². The molecule has 0 aliphatic carbocycles. The minimum absolute atomic E-state index is 0.337. The van der Waals surface area contributed by atoms with Crippen LogP contribution in [0.15, 0.2) is 194 Å². The minimum Gasteiger partial charge on any atom is -0.453 e. The van der Waals surface area contributed by atoms with Gasteiger partial charge in [0.15, 0.2) is 28.7 Å². The monoisotopic (exact) mass is 1010 g/mol. The van der Waals surface area contributed by atoms with Crippen molar-refractivity contribution in [3.05, 3.63) is 240 Å². The molecule has 0 radical (unpaired) electrons. The zero-order valence-corrected chi connectivity index (χ0v) is 44.0.